The minimum Gasteiger partial charge on any atom is -0.431 e. The average Bonchev–Trinajstić information content (AvgIpc) is 3.07. The Morgan fingerprint density at radius 3 is 2.74 bits per heavy atom. The van der Waals surface area contributed by atoms with E-state index in [0.29, 0.717) is 6.42 Å². The summed E-state index contributed by atoms with van der Waals surface area (Å²) in [6, 6.07) is 10.2. The minimum absolute atomic E-state index is 0.00213. The van der Waals surface area contributed by atoms with Gasteiger partial charge in [-0.3, -0.25) is 14.6 Å². The van der Waals surface area contributed by atoms with Gasteiger partial charge in [-0.2, -0.15) is 0 Å². The minimum atomic E-state index is -0.284. The Kier molecular flexibility index (Phi) is 3.45. The lowest BCUT2D eigenvalue weighted by molar-refractivity contribution is -0.138. The summed E-state index contributed by atoms with van der Waals surface area (Å²) in [4.78, 5) is 23.9. The lowest BCUT2D eigenvalue weighted by Crippen LogP contribution is -2.39. The van der Waals surface area contributed by atoms with Gasteiger partial charge < -0.3 is 4.74 Å². The number of benzene rings is 1. The molecule has 2 aliphatic heterocycles. The number of hydrogen-bond acceptors (Lipinski definition) is 4. The molecule has 5 heteroatoms. The molecule has 1 aliphatic carbocycles. The topological polar surface area (TPSA) is 49.9 Å². The summed E-state index contributed by atoms with van der Waals surface area (Å²) in [5.41, 5.74) is 2.25. The molecule has 0 unspecified atom stereocenters. The van der Waals surface area contributed by atoms with E-state index in [9.17, 15) is 9.59 Å². The number of nitrogens with zero attached hydrogens (tertiary/aromatic N) is 2. The van der Waals surface area contributed by atoms with E-state index < -0.39 is 0 Å². The standard InChI is InChI=1S/C18H20N2O3/c1-12(21)23-15-9-5-8-14-17(15)18(13-6-3-2-4-7-13)19-11-10-16(22)20(14)19/h2-4,6-7,14,18H,5,8-11H2,1H3/t14-,18-/m0/s1. The summed E-state index contributed by atoms with van der Waals surface area (Å²) < 4.78 is 5.53. The molecular formula is C18H20N2O3. The van der Waals surface area contributed by atoms with Gasteiger partial charge in [0.05, 0.1) is 12.1 Å². The highest BCUT2D eigenvalue weighted by Crippen LogP contribution is 2.49. The Morgan fingerprint density at radius 2 is 2.00 bits per heavy atom. The van der Waals surface area contributed by atoms with Crippen molar-refractivity contribution in [1.29, 1.82) is 0 Å². The summed E-state index contributed by atoms with van der Waals surface area (Å²) in [5.74, 6) is 0.660. The maximum Gasteiger partial charge on any atom is 0.307 e. The van der Waals surface area contributed by atoms with Gasteiger partial charge >= 0.3 is 5.97 Å². The summed E-state index contributed by atoms with van der Waals surface area (Å²) >= 11 is 0. The van der Waals surface area contributed by atoms with Crippen LogP contribution < -0.4 is 0 Å². The normalized spacial score (nSPS) is 27.2. The van der Waals surface area contributed by atoms with Gasteiger partial charge in [-0.1, -0.05) is 30.3 Å². The van der Waals surface area contributed by atoms with Crippen molar-refractivity contribution in [2.45, 2.75) is 44.7 Å². The Balaban J connectivity index is 1.85. The highest BCUT2D eigenvalue weighted by atomic mass is 16.5. The van der Waals surface area contributed by atoms with Crippen LogP contribution in [0.25, 0.3) is 0 Å². The largest absolute Gasteiger partial charge is 0.431 e. The number of ether oxygens (including phenoxy) is 1. The third-order valence-electron chi connectivity index (χ3n) is 4.92. The van der Waals surface area contributed by atoms with Crippen LogP contribution in [0.2, 0.25) is 0 Å². The predicted octanol–water partition coefficient (Wildman–Crippen LogP) is 2.56. The lowest BCUT2D eigenvalue weighted by Gasteiger charge is -2.27. The quantitative estimate of drug-likeness (QED) is 0.788. The Bertz CT molecular complexity index is 683. The number of fused-ring (bicyclic) bond motifs is 3. The van der Waals surface area contributed by atoms with E-state index in [1.165, 1.54) is 6.92 Å². The van der Waals surface area contributed by atoms with E-state index in [-0.39, 0.29) is 24.0 Å². The molecule has 2 atom stereocenters. The van der Waals surface area contributed by atoms with Crippen molar-refractivity contribution in [1.82, 2.24) is 10.0 Å². The molecule has 1 amide bonds. The predicted molar refractivity (Wildman–Crippen MR) is 83.8 cm³/mol. The van der Waals surface area contributed by atoms with Gasteiger partial charge in [0.15, 0.2) is 0 Å². The Labute approximate surface area is 135 Å². The number of hydrogen-bond donors (Lipinski definition) is 0. The fourth-order valence-corrected chi connectivity index (χ4v) is 4.14. The molecule has 1 aromatic carbocycles. The third-order valence-corrected chi connectivity index (χ3v) is 4.92. The monoisotopic (exact) mass is 312 g/mol. The fraction of sp³-hybridized carbons (Fsp3) is 0.444. The van der Waals surface area contributed by atoms with E-state index in [1.54, 1.807) is 0 Å². The van der Waals surface area contributed by atoms with Gasteiger partial charge in [0.25, 0.3) is 0 Å². The van der Waals surface area contributed by atoms with Crippen LogP contribution in [0.4, 0.5) is 0 Å². The third kappa shape index (κ3) is 2.27. The van der Waals surface area contributed by atoms with Crippen LogP contribution in [0.15, 0.2) is 41.7 Å². The molecule has 23 heavy (non-hydrogen) atoms. The van der Waals surface area contributed by atoms with Gasteiger partial charge in [-0.05, 0) is 18.4 Å². The number of esters is 1. The molecule has 2 fully saturated rings. The molecule has 0 N–H and O–H groups in total. The maximum atomic E-state index is 12.4. The highest BCUT2D eigenvalue weighted by Gasteiger charge is 2.52. The molecule has 5 nitrogen and oxygen atoms in total. The molecule has 0 aromatic heterocycles. The second-order valence-corrected chi connectivity index (χ2v) is 6.34. The van der Waals surface area contributed by atoms with Gasteiger partial charge in [-0.25, -0.2) is 5.01 Å². The molecular weight excluding hydrogens is 292 g/mol. The Hall–Kier alpha value is -2.14. The van der Waals surface area contributed by atoms with E-state index in [4.69, 9.17) is 4.74 Å². The number of rotatable bonds is 2. The van der Waals surface area contributed by atoms with E-state index in [0.717, 1.165) is 42.7 Å². The zero-order chi connectivity index (χ0) is 16.0. The molecule has 4 rings (SSSR count). The van der Waals surface area contributed by atoms with Crippen LogP contribution in [0, 0.1) is 0 Å². The molecule has 1 aromatic rings. The van der Waals surface area contributed by atoms with Crippen LogP contribution in [0.1, 0.15) is 44.2 Å². The zero-order valence-corrected chi connectivity index (χ0v) is 13.2. The van der Waals surface area contributed by atoms with Crippen molar-refractivity contribution in [2.24, 2.45) is 0 Å². The molecule has 3 aliphatic rings. The van der Waals surface area contributed by atoms with Crippen LogP contribution >= 0.6 is 0 Å². The van der Waals surface area contributed by atoms with Crippen molar-refractivity contribution in [3.63, 3.8) is 0 Å². The lowest BCUT2D eigenvalue weighted by atomic mass is 9.86. The van der Waals surface area contributed by atoms with Crippen LogP contribution in [0.5, 0.6) is 0 Å². The van der Waals surface area contributed by atoms with Crippen molar-refractivity contribution in [3.8, 4) is 0 Å². The second-order valence-electron chi connectivity index (χ2n) is 6.34. The Morgan fingerprint density at radius 1 is 1.22 bits per heavy atom. The van der Waals surface area contributed by atoms with Crippen LogP contribution in [-0.4, -0.2) is 34.5 Å². The average molecular weight is 312 g/mol. The maximum absolute atomic E-state index is 12.4. The SMILES string of the molecule is CC(=O)OC1=C2[C@H](c3ccccc3)N3CCC(=O)N3[C@H]2CCC1. The zero-order valence-electron chi connectivity index (χ0n) is 13.2. The van der Waals surface area contributed by atoms with E-state index in [2.05, 4.69) is 17.1 Å². The molecule has 120 valence electrons. The molecule has 0 saturated carbocycles. The van der Waals surface area contributed by atoms with Crippen molar-refractivity contribution >= 4 is 11.9 Å². The smallest absolute Gasteiger partial charge is 0.307 e. The van der Waals surface area contributed by atoms with Gasteiger partial charge in [-0.15, -0.1) is 0 Å². The molecule has 0 radical (unpaired) electrons. The van der Waals surface area contributed by atoms with Crippen molar-refractivity contribution < 1.29 is 14.3 Å². The van der Waals surface area contributed by atoms with Gasteiger partial charge in [0.1, 0.15) is 5.76 Å². The van der Waals surface area contributed by atoms with Crippen molar-refractivity contribution in [2.75, 3.05) is 6.54 Å². The van der Waals surface area contributed by atoms with Gasteiger partial charge in [0.2, 0.25) is 5.91 Å². The van der Waals surface area contributed by atoms with Gasteiger partial charge in [0, 0.05) is 31.9 Å². The summed E-state index contributed by atoms with van der Waals surface area (Å²) in [7, 11) is 0. The summed E-state index contributed by atoms with van der Waals surface area (Å²) in [6.45, 7) is 2.17. The molecule has 0 spiro atoms. The summed E-state index contributed by atoms with van der Waals surface area (Å²) in [5, 5.41) is 4.07. The number of carbonyl (C=O) groups is 2. The highest BCUT2D eigenvalue weighted by molar-refractivity contribution is 5.79. The van der Waals surface area contributed by atoms with Crippen LogP contribution in [0.3, 0.4) is 0 Å². The molecule has 0 bridgehead atoms. The number of hydrazine groups is 1. The first-order valence-corrected chi connectivity index (χ1v) is 8.21. The molecule has 2 saturated heterocycles. The number of carbonyl (C=O) groups excluding carboxylic acids is 2. The fourth-order valence-electron chi connectivity index (χ4n) is 4.14. The second kappa shape index (κ2) is 5.49. The number of allylic oxidation sites excluding steroid dienone is 1. The first-order valence-electron chi connectivity index (χ1n) is 8.21. The first kappa shape index (κ1) is 14.5. The van der Waals surface area contributed by atoms with Crippen molar-refractivity contribution in [3.05, 3.63) is 47.2 Å². The van der Waals surface area contributed by atoms with E-state index >= 15 is 0 Å². The summed E-state index contributed by atoms with van der Waals surface area (Å²) in [6.07, 6.45) is 3.21. The van der Waals surface area contributed by atoms with Crippen LogP contribution in [-0.2, 0) is 14.3 Å². The molecule has 2 heterocycles. The number of amides is 1. The van der Waals surface area contributed by atoms with E-state index in [1.807, 2.05) is 23.2 Å². The first-order chi connectivity index (χ1) is 11.2.